The number of aromatic nitrogens is 2. The van der Waals surface area contributed by atoms with Gasteiger partial charge in [-0.15, -0.1) is 0 Å². The molecule has 3 N–H and O–H groups in total. The van der Waals surface area contributed by atoms with Gasteiger partial charge in [-0.3, -0.25) is 20.2 Å². The second kappa shape index (κ2) is 9.03. The summed E-state index contributed by atoms with van der Waals surface area (Å²) in [6, 6.07) is 11.5. The van der Waals surface area contributed by atoms with Crippen LogP contribution in [0.3, 0.4) is 0 Å². The summed E-state index contributed by atoms with van der Waals surface area (Å²) in [4.78, 5) is 34.2. The average molecular weight is 447 g/mol. The van der Waals surface area contributed by atoms with E-state index in [1.165, 1.54) is 20.2 Å². The number of carbonyl (C=O) groups excluding carboxylic acids is 2. The molecule has 0 unspecified atom stereocenters. The van der Waals surface area contributed by atoms with Crippen molar-refractivity contribution in [3.63, 3.8) is 0 Å². The van der Waals surface area contributed by atoms with E-state index in [1.54, 1.807) is 6.20 Å². The number of ether oxygens (including phenoxy) is 1. The van der Waals surface area contributed by atoms with E-state index in [4.69, 9.17) is 4.74 Å². The fourth-order valence-electron chi connectivity index (χ4n) is 3.76. The summed E-state index contributed by atoms with van der Waals surface area (Å²) in [7, 11) is 5.15. The summed E-state index contributed by atoms with van der Waals surface area (Å²) >= 11 is 0. The molecule has 10 heteroatoms. The number of hydrogen-bond donors (Lipinski definition) is 3. The van der Waals surface area contributed by atoms with Gasteiger partial charge in [0.2, 0.25) is 5.91 Å². The van der Waals surface area contributed by atoms with Crippen molar-refractivity contribution >= 4 is 40.3 Å². The number of esters is 1. The van der Waals surface area contributed by atoms with Gasteiger partial charge in [0.25, 0.3) is 0 Å². The van der Waals surface area contributed by atoms with Gasteiger partial charge in [-0.05, 0) is 36.4 Å². The quantitative estimate of drug-likeness (QED) is 0.491. The number of benzene rings is 2. The SMILES string of the molecule is CNc1ccc2c(c1-c1cncc(C(=O)OC)n1)N(Nc1ccc(NC(C)=O)cc1)CN2C. The number of nitrogens with zero attached hydrogens (tertiary/aromatic N) is 4. The summed E-state index contributed by atoms with van der Waals surface area (Å²) in [6.07, 6.45) is 3.01. The Hall–Kier alpha value is -4.34. The van der Waals surface area contributed by atoms with Crippen LogP contribution in [0.5, 0.6) is 0 Å². The highest BCUT2D eigenvalue weighted by Crippen LogP contribution is 2.46. The molecule has 0 radical (unpaired) electrons. The number of fused-ring (bicyclic) bond motifs is 1. The van der Waals surface area contributed by atoms with E-state index in [9.17, 15) is 9.59 Å². The zero-order chi connectivity index (χ0) is 23.5. The summed E-state index contributed by atoms with van der Waals surface area (Å²) in [5.41, 5.74) is 9.21. The molecule has 33 heavy (non-hydrogen) atoms. The monoisotopic (exact) mass is 447 g/mol. The summed E-state index contributed by atoms with van der Waals surface area (Å²) < 4.78 is 4.81. The third kappa shape index (κ3) is 4.36. The minimum absolute atomic E-state index is 0.120. The van der Waals surface area contributed by atoms with Crippen LogP contribution in [0.4, 0.5) is 28.4 Å². The first-order chi connectivity index (χ1) is 15.9. The first-order valence-corrected chi connectivity index (χ1v) is 10.3. The number of hydrogen-bond acceptors (Lipinski definition) is 9. The zero-order valence-corrected chi connectivity index (χ0v) is 18.8. The van der Waals surface area contributed by atoms with Gasteiger partial charge in [0, 0.05) is 32.4 Å². The third-order valence-electron chi connectivity index (χ3n) is 5.22. The van der Waals surface area contributed by atoms with Crippen LogP contribution in [-0.4, -0.2) is 49.7 Å². The lowest BCUT2D eigenvalue weighted by molar-refractivity contribution is -0.114. The van der Waals surface area contributed by atoms with Gasteiger partial charge < -0.3 is 20.3 Å². The molecular weight excluding hydrogens is 422 g/mol. The van der Waals surface area contributed by atoms with E-state index in [0.717, 1.165) is 34.0 Å². The van der Waals surface area contributed by atoms with Crippen LogP contribution in [0.1, 0.15) is 17.4 Å². The molecule has 0 atom stereocenters. The van der Waals surface area contributed by atoms with Crippen LogP contribution in [-0.2, 0) is 9.53 Å². The number of amides is 1. The molecule has 1 aromatic heterocycles. The predicted molar refractivity (Wildman–Crippen MR) is 128 cm³/mol. The van der Waals surface area contributed by atoms with Crippen molar-refractivity contribution in [2.24, 2.45) is 0 Å². The van der Waals surface area contributed by atoms with Crippen molar-refractivity contribution in [3.8, 4) is 11.3 Å². The minimum Gasteiger partial charge on any atom is -0.464 e. The van der Waals surface area contributed by atoms with Crippen LogP contribution in [0.25, 0.3) is 11.3 Å². The lowest BCUT2D eigenvalue weighted by Crippen LogP contribution is -2.33. The van der Waals surface area contributed by atoms with E-state index in [2.05, 4.69) is 30.9 Å². The van der Waals surface area contributed by atoms with Crippen molar-refractivity contribution in [1.29, 1.82) is 0 Å². The highest BCUT2D eigenvalue weighted by atomic mass is 16.5. The molecule has 0 fully saturated rings. The lowest BCUT2D eigenvalue weighted by Gasteiger charge is -2.24. The Morgan fingerprint density at radius 1 is 1.06 bits per heavy atom. The van der Waals surface area contributed by atoms with Crippen LogP contribution in [0, 0.1) is 0 Å². The Bertz CT molecular complexity index is 1200. The number of anilines is 5. The number of hydrazine groups is 1. The maximum absolute atomic E-state index is 12.0. The molecular formula is C23H25N7O3. The summed E-state index contributed by atoms with van der Waals surface area (Å²) in [5.74, 6) is -0.667. The molecule has 4 rings (SSSR count). The van der Waals surface area contributed by atoms with Gasteiger partial charge in [0.1, 0.15) is 6.67 Å². The molecule has 0 bridgehead atoms. The fourth-order valence-corrected chi connectivity index (χ4v) is 3.76. The summed E-state index contributed by atoms with van der Waals surface area (Å²) in [5, 5.41) is 7.98. The maximum Gasteiger partial charge on any atom is 0.358 e. The second-order valence-electron chi connectivity index (χ2n) is 7.52. The van der Waals surface area contributed by atoms with Gasteiger partial charge >= 0.3 is 5.97 Å². The van der Waals surface area contributed by atoms with Crippen molar-refractivity contribution in [2.75, 3.05) is 53.8 Å². The van der Waals surface area contributed by atoms with Gasteiger partial charge in [-0.2, -0.15) is 0 Å². The maximum atomic E-state index is 12.0. The van der Waals surface area contributed by atoms with Crippen LogP contribution in [0.15, 0.2) is 48.8 Å². The summed E-state index contributed by atoms with van der Waals surface area (Å²) in [6.45, 7) is 2.05. The molecule has 3 aromatic rings. The van der Waals surface area contributed by atoms with Crippen LogP contribution in [0.2, 0.25) is 0 Å². The molecule has 1 amide bonds. The van der Waals surface area contributed by atoms with E-state index in [1.807, 2.05) is 55.5 Å². The van der Waals surface area contributed by atoms with Gasteiger partial charge in [-0.25, -0.2) is 9.78 Å². The van der Waals surface area contributed by atoms with Gasteiger partial charge in [0.05, 0.1) is 47.8 Å². The Labute approximate surface area is 191 Å². The van der Waals surface area contributed by atoms with E-state index in [0.29, 0.717) is 12.4 Å². The third-order valence-corrected chi connectivity index (χ3v) is 5.22. The molecule has 2 heterocycles. The molecule has 1 aliphatic heterocycles. The minimum atomic E-state index is -0.547. The van der Waals surface area contributed by atoms with E-state index < -0.39 is 5.97 Å². The largest absolute Gasteiger partial charge is 0.464 e. The predicted octanol–water partition coefficient (Wildman–Crippen LogP) is 3.17. The Balaban J connectivity index is 1.75. The highest BCUT2D eigenvalue weighted by molar-refractivity contribution is 5.98. The van der Waals surface area contributed by atoms with E-state index in [-0.39, 0.29) is 11.6 Å². The number of rotatable bonds is 6. The van der Waals surface area contributed by atoms with Gasteiger partial charge in [0.15, 0.2) is 5.69 Å². The van der Waals surface area contributed by atoms with Crippen LogP contribution < -0.4 is 26.0 Å². The normalized spacial score (nSPS) is 12.2. The fraction of sp³-hybridized carbons (Fsp3) is 0.217. The standard InChI is InChI=1S/C23H25N7O3/c1-14(31)26-15-5-7-16(8-6-15)28-30-13-29(3)20-10-9-17(24-2)21(22(20)30)18-11-25-12-19(27-18)23(32)33-4/h5-12,24,28H,13H2,1-4H3,(H,26,31). The lowest BCUT2D eigenvalue weighted by atomic mass is 10.1. The smallest absolute Gasteiger partial charge is 0.358 e. The molecule has 0 aliphatic carbocycles. The van der Waals surface area contributed by atoms with Crippen molar-refractivity contribution in [1.82, 2.24) is 9.97 Å². The Morgan fingerprint density at radius 3 is 2.45 bits per heavy atom. The zero-order valence-electron chi connectivity index (χ0n) is 18.8. The van der Waals surface area contributed by atoms with Crippen molar-refractivity contribution in [2.45, 2.75) is 6.92 Å². The molecule has 0 spiro atoms. The molecule has 0 saturated heterocycles. The first-order valence-electron chi connectivity index (χ1n) is 10.3. The molecule has 1 aliphatic rings. The average Bonchev–Trinajstić information content (AvgIpc) is 3.14. The second-order valence-corrected chi connectivity index (χ2v) is 7.52. The molecule has 10 nitrogen and oxygen atoms in total. The van der Waals surface area contributed by atoms with E-state index >= 15 is 0 Å². The molecule has 2 aromatic carbocycles. The molecule has 0 saturated carbocycles. The van der Waals surface area contributed by atoms with Crippen LogP contribution >= 0.6 is 0 Å². The van der Waals surface area contributed by atoms with Crippen molar-refractivity contribution in [3.05, 3.63) is 54.5 Å². The van der Waals surface area contributed by atoms with Crippen molar-refractivity contribution < 1.29 is 14.3 Å². The Morgan fingerprint density at radius 2 is 1.79 bits per heavy atom. The number of methoxy groups -OCH3 is 1. The topological polar surface area (TPSA) is 112 Å². The highest BCUT2D eigenvalue weighted by Gasteiger charge is 2.30. The first kappa shape index (κ1) is 21.9. The number of carbonyl (C=O) groups is 2. The Kier molecular flexibility index (Phi) is 5.99. The molecule has 170 valence electrons. The van der Waals surface area contributed by atoms with Gasteiger partial charge in [-0.1, -0.05) is 0 Å². The number of nitrogens with one attached hydrogen (secondary N) is 3.